The molecule has 0 atom stereocenters. The molecule has 0 spiro atoms. The Balaban J connectivity index is 2.26. The Bertz CT molecular complexity index is 643. The van der Waals surface area contributed by atoms with E-state index in [0.29, 0.717) is 15.6 Å². The summed E-state index contributed by atoms with van der Waals surface area (Å²) in [6.07, 6.45) is 1.53. The van der Waals surface area contributed by atoms with Gasteiger partial charge in [-0.25, -0.2) is 9.78 Å². The van der Waals surface area contributed by atoms with Crippen molar-refractivity contribution in [1.29, 1.82) is 0 Å². The van der Waals surface area contributed by atoms with E-state index in [1.165, 1.54) is 31.4 Å². The molecule has 0 saturated carbocycles. The van der Waals surface area contributed by atoms with E-state index in [-0.39, 0.29) is 5.69 Å². The minimum Gasteiger partial charge on any atom is -0.480 e. The number of aromatic nitrogens is 1. The summed E-state index contributed by atoms with van der Waals surface area (Å²) < 4.78 is 5.23. The molecule has 106 valence electrons. The first-order valence-electron chi connectivity index (χ1n) is 5.88. The normalized spacial score (nSPS) is 11.3. The number of rotatable bonds is 4. The van der Waals surface area contributed by atoms with Gasteiger partial charge < -0.3 is 14.8 Å². The van der Waals surface area contributed by atoms with Gasteiger partial charge in [-0.1, -0.05) is 0 Å². The van der Waals surface area contributed by atoms with Gasteiger partial charge in [0.1, 0.15) is 11.2 Å². The number of carbonyl (C=O) groups excluding carboxylic acids is 1. The van der Waals surface area contributed by atoms with Crippen molar-refractivity contribution in [2.24, 2.45) is 0 Å². The van der Waals surface area contributed by atoms with Crippen LogP contribution in [-0.4, -0.2) is 27.5 Å². The number of carboxylic acid groups (broad SMARTS) is 1. The van der Waals surface area contributed by atoms with Crippen molar-refractivity contribution >= 4 is 23.2 Å². The summed E-state index contributed by atoms with van der Waals surface area (Å²) in [5.74, 6) is -1.04. The lowest BCUT2D eigenvalue weighted by Crippen LogP contribution is -2.49. The third-order valence-electron chi connectivity index (χ3n) is 2.70. The Labute approximate surface area is 119 Å². The molecule has 2 N–H and O–H groups in total. The summed E-state index contributed by atoms with van der Waals surface area (Å²) in [6, 6.07) is 3.49. The van der Waals surface area contributed by atoms with Gasteiger partial charge >= 0.3 is 5.97 Å². The second-order valence-corrected chi connectivity index (χ2v) is 5.99. The zero-order valence-electron chi connectivity index (χ0n) is 11.3. The van der Waals surface area contributed by atoms with Crippen LogP contribution in [0.15, 0.2) is 22.8 Å². The van der Waals surface area contributed by atoms with Crippen LogP contribution in [0, 0.1) is 6.92 Å². The highest BCUT2D eigenvalue weighted by Gasteiger charge is 2.31. The molecule has 2 aromatic rings. The first kappa shape index (κ1) is 14.3. The molecule has 0 bridgehead atoms. The minimum atomic E-state index is -1.35. The second kappa shape index (κ2) is 5.09. The number of aryl methyl sites for hydroxylation is 1. The molecule has 1 amide bonds. The molecular weight excluding hydrogens is 280 g/mol. The van der Waals surface area contributed by atoms with E-state index < -0.39 is 17.4 Å². The van der Waals surface area contributed by atoms with E-state index in [4.69, 9.17) is 9.52 Å². The highest BCUT2D eigenvalue weighted by Crippen LogP contribution is 2.28. The molecule has 0 saturated heterocycles. The van der Waals surface area contributed by atoms with E-state index in [9.17, 15) is 9.59 Å². The number of aliphatic carboxylic acids is 1. The number of amides is 1. The van der Waals surface area contributed by atoms with Gasteiger partial charge in [0.05, 0.1) is 6.26 Å². The zero-order chi connectivity index (χ0) is 14.9. The molecule has 6 nitrogen and oxygen atoms in total. The molecule has 0 radical (unpaired) electrons. The minimum absolute atomic E-state index is 0.218. The Hall–Kier alpha value is -2.15. The van der Waals surface area contributed by atoms with E-state index in [1.54, 1.807) is 19.1 Å². The zero-order valence-corrected chi connectivity index (χ0v) is 12.1. The summed E-state index contributed by atoms with van der Waals surface area (Å²) in [6.45, 7) is 4.59. The first-order valence-corrected chi connectivity index (χ1v) is 6.70. The standard InChI is InChI=1S/C13H14N2O4S/c1-7-9(10(16)15-13(2,3)12(17)18)14-11(20-7)8-5-4-6-19-8/h4-6H,1-3H3,(H,15,16)(H,17,18). The Morgan fingerprint density at radius 1 is 1.45 bits per heavy atom. The van der Waals surface area contributed by atoms with Gasteiger partial charge in [-0.2, -0.15) is 0 Å². The second-order valence-electron chi connectivity index (χ2n) is 4.79. The lowest BCUT2D eigenvalue weighted by Gasteiger charge is -2.20. The average Bonchev–Trinajstić information content (AvgIpc) is 2.96. The van der Waals surface area contributed by atoms with Crippen molar-refractivity contribution in [3.8, 4) is 10.8 Å². The van der Waals surface area contributed by atoms with Crippen molar-refractivity contribution in [3.05, 3.63) is 29.0 Å². The van der Waals surface area contributed by atoms with Crippen molar-refractivity contribution < 1.29 is 19.1 Å². The highest BCUT2D eigenvalue weighted by molar-refractivity contribution is 7.15. The third-order valence-corrected chi connectivity index (χ3v) is 3.69. The maximum absolute atomic E-state index is 12.1. The molecule has 7 heteroatoms. The van der Waals surface area contributed by atoms with Crippen LogP contribution in [-0.2, 0) is 4.79 Å². The number of hydrogen-bond donors (Lipinski definition) is 2. The Morgan fingerprint density at radius 3 is 2.70 bits per heavy atom. The fourth-order valence-corrected chi connectivity index (χ4v) is 2.39. The SMILES string of the molecule is Cc1sc(-c2ccco2)nc1C(=O)NC(C)(C)C(=O)O. The molecular formula is C13H14N2O4S. The van der Waals surface area contributed by atoms with Crippen molar-refractivity contribution in [2.75, 3.05) is 0 Å². The molecule has 0 aliphatic rings. The summed E-state index contributed by atoms with van der Waals surface area (Å²) in [5, 5.41) is 12.0. The van der Waals surface area contributed by atoms with Crippen LogP contribution >= 0.6 is 11.3 Å². The predicted octanol–water partition coefficient (Wildman–Crippen LogP) is 2.30. The molecule has 0 aromatic carbocycles. The van der Waals surface area contributed by atoms with Gasteiger partial charge in [-0.3, -0.25) is 4.79 Å². The monoisotopic (exact) mass is 294 g/mol. The lowest BCUT2D eigenvalue weighted by atomic mass is 10.1. The summed E-state index contributed by atoms with van der Waals surface area (Å²) in [4.78, 5) is 28.0. The van der Waals surface area contributed by atoms with Crippen LogP contribution in [0.2, 0.25) is 0 Å². The van der Waals surface area contributed by atoms with Gasteiger partial charge in [-0.15, -0.1) is 11.3 Å². The van der Waals surface area contributed by atoms with Crippen molar-refractivity contribution in [1.82, 2.24) is 10.3 Å². The molecule has 0 unspecified atom stereocenters. The fourth-order valence-electron chi connectivity index (χ4n) is 1.51. The lowest BCUT2D eigenvalue weighted by molar-refractivity contribution is -0.143. The van der Waals surface area contributed by atoms with Gasteiger partial charge in [0.2, 0.25) is 0 Å². The Kier molecular flexibility index (Phi) is 3.63. The van der Waals surface area contributed by atoms with Crippen LogP contribution in [0.5, 0.6) is 0 Å². The van der Waals surface area contributed by atoms with Crippen molar-refractivity contribution in [3.63, 3.8) is 0 Å². The van der Waals surface area contributed by atoms with E-state index >= 15 is 0 Å². The molecule has 20 heavy (non-hydrogen) atoms. The van der Waals surface area contributed by atoms with Crippen LogP contribution in [0.3, 0.4) is 0 Å². The van der Waals surface area contributed by atoms with Gasteiger partial charge in [0, 0.05) is 4.88 Å². The van der Waals surface area contributed by atoms with Crippen molar-refractivity contribution in [2.45, 2.75) is 26.3 Å². The predicted molar refractivity (Wildman–Crippen MR) is 73.7 cm³/mol. The molecule has 2 heterocycles. The third kappa shape index (κ3) is 2.72. The van der Waals surface area contributed by atoms with Crippen LogP contribution in [0.1, 0.15) is 29.2 Å². The molecule has 0 aliphatic carbocycles. The summed E-state index contributed by atoms with van der Waals surface area (Å²) >= 11 is 1.32. The number of hydrogen-bond acceptors (Lipinski definition) is 5. The highest BCUT2D eigenvalue weighted by atomic mass is 32.1. The number of thiazole rings is 1. The smallest absolute Gasteiger partial charge is 0.328 e. The Morgan fingerprint density at radius 2 is 2.15 bits per heavy atom. The molecule has 0 fully saturated rings. The van der Waals surface area contributed by atoms with E-state index in [1.807, 2.05) is 0 Å². The number of furan rings is 1. The van der Waals surface area contributed by atoms with Gasteiger partial charge in [0.25, 0.3) is 5.91 Å². The summed E-state index contributed by atoms with van der Waals surface area (Å²) in [7, 11) is 0. The van der Waals surface area contributed by atoms with E-state index in [2.05, 4.69) is 10.3 Å². The summed E-state index contributed by atoms with van der Waals surface area (Å²) in [5.41, 5.74) is -1.13. The topological polar surface area (TPSA) is 92.4 Å². The maximum Gasteiger partial charge on any atom is 0.328 e. The van der Waals surface area contributed by atoms with Gasteiger partial charge in [-0.05, 0) is 32.9 Å². The van der Waals surface area contributed by atoms with E-state index in [0.717, 1.165) is 0 Å². The largest absolute Gasteiger partial charge is 0.480 e. The maximum atomic E-state index is 12.1. The average molecular weight is 294 g/mol. The number of carbonyl (C=O) groups is 2. The van der Waals surface area contributed by atoms with Crippen LogP contribution < -0.4 is 5.32 Å². The number of nitrogens with one attached hydrogen (secondary N) is 1. The molecule has 0 aliphatic heterocycles. The fraction of sp³-hybridized carbons (Fsp3) is 0.308. The van der Waals surface area contributed by atoms with Crippen LogP contribution in [0.25, 0.3) is 10.8 Å². The number of nitrogens with zero attached hydrogens (tertiary/aromatic N) is 1. The molecule has 2 rings (SSSR count). The number of carboxylic acids is 1. The first-order chi connectivity index (χ1) is 9.31. The van der Waals surface area contributed by atoms with Gasteiger partial charge in [0.15, 0.2) is 10.8 Å². The molecule has 2 aromatic heterocycles. The quantitative estimate of drug-likeness (QED) is 0.902. The van der Waals surface area contributed by atoms with Crippen LogP contribution in [0.4, 0.5) is 0 Å².